The Kier molecular flexibility index (Phi) is 4.48. The Balaban J connectivity index is 2.34. The van der Waals surface area contributed by atoms with E-state index in [0.717, 1.165) is 12.1 Å². The van der Waals surface area contributed by atoms with E-state index in [9.17, 15) is 18.5 Å². The van der Waals surface area contributed by atoms with Gasteiger partial charge in [-0.2, -0.15) is 5.10 Å². The van der Waals surface area contributed by atoms with Crippen LogP contribution in [0.4, 0.5) is 11.4 Å². The van der Waals surface area contributed by atoms with Gasteiger partial charge in [0.25, 0.3) is 5.69 Å². The number of nitrogens with zero attached hydrogens (tertiary/aromatic N) is 2. The molecule has 9 nitrogen and oxygen atoms in total. The minimum Gasteiger partial charge on any atom is -0.460 e. The molecule has 1 aromatic carbocycles. The lowest BCUT2D eigenvalue weighted by atomic mass is 10.3. The van der Waals surface area contributed by atoms with Gasteiger partial charge in [-0.25, -0.2) is 13.6 Å². The van der Waals surface area contributed by atoms with Crippen LogP contribution in [0.2, 0.25) is 0 Å². The summed E-state index contributed by atoms with van der Waals surface area (Å²) in [6.07, 6.45) is 0. The third kappa shape index (κ3) is 3.93. The van der Waals surface area contributed by atoms with Gasteiger partial charge in [-0.05, 0) is 38.1 Å². The van der Waals surface area contributed by atoms with Gasteiger partial charge in [0, 0.05) is 6.07 Å². The number of nitrogens with one attached hydrogen (secondary N) is 1. The van der Waals surface area contributed by atoms with E-state index >= 15 is 0 Å². The van der Waals surface area contributed by atoms with Crippen LogP contribution in [0.3, 0.4) is 0 Å². The molecule has 122 valence electrons. The summed E-state index contributed by atoms with van der Waals surface area (Å²) in [7, 11) is -4.03. The largest absolute Gasteiger partial charge is 0.460 e. The van der Waals surface area contributed by atoms with Crippen molar-refractivity contribution >= 4 is 27.1 Å². The van der Waals surface area contributed by atoms with Crippen molar-refractivity contribution in [3.05, 3.63) is 52.0 Å². The molecule has 0 unspecified atom stereocenters. The Hall–Kier alpha value is -2.72. The fourth-order valence-electron chi connectivity index (χ4n) is 1.76. The van der Waals surface area contributed by atoms with Gasteiger partial charge in [0.2, 0.25) is 10.0 Å². The van der Waals surface area contributed by atoms with Gasteiger partial charge in [0.05, 0.1) is 9.82 Å². The third-order valence-electron chi connectivity index (χ3n) is 2.94. The number of nitro benzene ring substituents is 1. The van der Waals surface area contributed by atoms with Crippen molar-refractivity contribution < 1.29 is 17.8 Å². The monoisotopic (exact) mass is 338 g/mol. The van der Waals surface area contributed by atoms with Crippen LogP contribution in [0.1, 0.15) is 18.4 Å². The van der Waals surface area contributed by atoms with Crippen molar-refractivity contribution in [2.45, 2.75) is 18.7 Å². The summed E-state index contributed by atoms with van der Waals surface area (Å²) in [5.74, 6) is 1.22. The molecule has 0 aliphatic carbocycles. The van der Waals surface area contributed by atoms with Gasteiger partial charge < -0.3 is 4.42 Å². The summed E-state index contributed by atoms with van der Waals surface area (Å²) in [6.45, 7) is 3.44. The van der Waals surface area contributed by atoms with Crippen LogP contribution in [-0.4, -0.2) is 19.1 Å². The van der Waals surface area contributed by atoms with Crippen LogP contribution in [0.15, 0.2) is 44.7 Å². The lowest BCUT2D eigenvalue weighted by molar-refractivity contribution is -0.384. The first-order chi connectivity index (χ1) is 10.7. The van der Waals surface area contributed by atoms with Crippen LogP contribution >= 0.6 is 0 Å². The maximum Gasteiger partial charge on any atom is 0.295 e. The molecule has 0 saturated carbocycles. The highest BCUT2D eigenvalue weighted by Crippen LogP contribution is 2.27. The highest BCUT2D eigenvalue weighted by Gasteiger charge is 2.19. The Labute approximate surface area is 132 Å². The number of hydrogen-bond acceptors (Lipinski definition) is 7. The number of aryl methyl sites for hydroxylation is 1. The average Bonchev–Trinajstić information content (AvgIpc) is 2.90. The second-order valence-corrected chi connectivity index (χ2v) is 6.26. The van der Waals surface area contributed by atoms with Crippen molar-refractivity contribution in [2.75, 3.05) is 5.43 Å². The van der Waals surface area contributed by atoms with E-state index < -0.39 is 20.6 Å². The zero-order valence-corrected chi connectivity index (χ0v) is 13.1. The summed E-state index contributed by atoms with van der Waals surface area (Å²) in [5, 5.41) is 20.0. The Morgan fingerprint density at radius 2 is 2.04 bits per heavy atom. The average molecular weight is 338 g/mol. The van der Waals surface area contributed by atoms with Crippen molar-refractivity contribution in [3.63, 3.8) is 0 Å². The zero-order chi connectivity index (χ0) is 17.2. The molecule has 10 heteroatoms. The van der Waals surface area contributed by atoms with Crippen molar-refractivity contribution in [1.29, 1.82) is 0 Å². The molecule has 0 bridgehead atoms. The van der Waals surface area contributed by atoms with Gasteiger partial charge in [-0.1, -0.05) is 0 Å². The maximum atomic E-state index is 11.3. The molecule has 0 atom stereocenters. The standard InChI is InChI=1S/C13H14N4O5S/c1-8-3-6-13(22-8)9(2)15-16-11-5-4-10(23(14,20)21)7-12(11)17(18)19/h3-7,16H,1-2H3,(H2,14,20,21)/b15-9+. The molecular weight excluding hydrogens is 324 g/mol. The van der Waals surface area contributed by atoms with E-state index in [2.05, 4.69) is 10.5 Å². The molecule has 0 spiro atoms. The summed E-state index contributed by atoms with van der Waals surface area (Å²) in [5.41, 5.74) is 2.58. The first-order valence-electron chi connectivity index (χ1n) is 6.37. The van der Waals surface area contributed by atoms with Gasteiger partial charge >= 0.3 is 0 Å². The molecule has 2 rings (SSSR count). The number of nitro groups is 1. The highest BCUT2D eigenvalue weighted by atomic mass is 32.2. The smallest absolute Gasteiger partial charge is 0.295 e. The number of hydrogen-bond donors (Lipinski definition) is 2. The molecule has 0 fully saturated rings. The Morgan fingerprint density at radius 1 is 1.35 bits per heavy atom. The van der Waals surface area contributed by atoms with E-state index in [1.807, 2.05) is 0 Å². The van der Waals surface area contributed by atoms with Gasteiger partial charge in [0.15, 0.2) is 0 Å². The van der Waals surface area contributed by atoms with E-state index in [1.165, 1.54) is 6.07 Å². The SMILES string of the molecule is C/C(=N\Nc1ccc(S(N)(=O)=O)cc1[N+](=O)[O-])c1ccc(C)o1. The number of anilines is 1. The second kappa shape index (κ2) is 6.18. The number of rotatable bonds is 5. The second-order valence-electron chi connectivity index (χ2n) is 4.70. The van der Waals surface area contributed by atoms with Crippen LogP contribution in [0.5, 0.6) is 0 Å². The van der Waals surface area contributed by atoms with Gasteiger partial charge in [0.1, 0.15) is 22.9 Å². The molecule has 1 aromatic heterocycles. The number of furan rings is 1. The Bertz CT molecular complexity index is 886. The van der Waals surface area contributed by atoms with Crippen LogP contribution in [0.25, 0.3) is 0 Å². The van der Waals surface area contributed by atoms with E-state index in [0.29, 0.717) is 17.2 Å². The summed E-state index contributed by atoms with van der Waals surface area (Å²) < 4.78 is 27.9. The number of sulfonamides is 1. The first-order valence-corrected chi connectivity index (χ1v) is 7.91. The van der Waals surface area contributed by atoms with Crippen LogP contribution in [-0.2, 0) is 10.0 Å². The molecule has 23 heavy (non-hydrogen) atoms. The molecular formula is C13H14N4O5S. The van der Waals surface area contributed by atoms with Crippen molar-refractivity contribution in [2.24, 2.45) is 10.2 Å². The van der Waals surface area contributed by atoms with Crippen molar-refractivity contribution in [1.82, 2.24) is 0 Å². The maximum absolute atomic E-state index is 11.3. The summed E-state index contributed by atoms with van der Waals surface area (Å²) >= 11 is 0. The summed E-state index contributed by atoms with van der Waals surface area (Å²) in [6, 6.07) is 6.74. The predicted molar refractivity (Wildman–Crippen MR) is 83.7 cm³/mol. The third-order valence-corrected chi connectivity index (χ3v) is 3.85. The fraction of sp³-hybridized carbons (Fsp3) is 0.154. The minimum atomic E-state index is -4.03. The molecule has 0 radical (unpaired) electrons. The normalized spacial score (nSPS) is 12.2. The van der Waals surface area contributed by atoms with E-state index in [-0.39, 0.29) is 10.6 Å². The summed E-state index contributed by atoms with van der Waals surface area (Å²) in [4.78, 5) is 10.0. The number of hydrazone groups is 1. The van der Waals surface area contributed by atoms with Crippen molar-refractivity contribution in [3.8, 4) is 0 Å². The number of nitrogens with two attached hydrogens (primary N) is 1. The minimum absolute atomic E-state index is 0.0324. The quantitative estimate of drug-likeness (QED) is 0.485. The predicted octanol–water partition coefficient (Wildman–Crippen LogP) is 1.98. The molecule has 0 aliphatic heterocycles. The van der Waals surface area contributed by atoms with Crippen LogP contribution in [0, 0.1) is 17.0 Å². The van der Waals surface area contributed by atoms with Gasteiger partial charge in [-0.3, -0.25) is 15.5 Å². The van der Waals surface area contributed by atoms with Gasteiger partial charge in [-0.15, -0.1) is 0 Å². The lowest BCUT2D eigenvalue weighted by Gasteiger charge is -2.05. The molecule has 0 amide bonds. The first kappa shape index (κ1) is 16.6. The fourth-order valence-corrected chi connectivity index (χ4v) is 2.30. The molecule has 3 N–H and O–H groups in total. The van der Waals surface area contributed by atoms with E-state index in [1.54, 1.807) is 26.0 Å². The zero-order valence-electron chi connectivity index (χ0n) is 12.3. The topological polar surface area (TPSA) is 141 Å². The molecule has 0 aliphatic rings. The molecule has 0 saturated heterocycles. The lowest BCUT2D eigenvalue weighted by Crippen LogP contribution is -2.12. The molecule has 2 aromatic rings. The Morgan fingerprint density at radius 3 is 2.57 bits per heavy atom. The number of benzene rings is 1. The highest BCUT2D eigenvalue weighted by molar-refractivity contribution is 7.89. The van der Waals surface area contributed by atoms with E-state index in [4.69, 9.17) is 9.56 Å². The number of primary sulfonamides is 1. The molecule has 1 heterocycles. The van der Waals surface area contributed by atoms with Crippen LogP contribution < -0.4 is 10.6 Å².